The SMILES string of the molecule is COc1ccccc1C(=O)NCC1(c2ccccc2)CCN(C(=O)Oc2ccc([N+](=O)[O-])cc2)CC1. The van der Waals surface area contributed by atoms with Crippen LogP contribution in [0.4, 0.5) is 10.5 Å². The third-order valence-electron chi connectivity index (χ3n) is 6.56. The zero-order valence-corrected chi connectivity index (χ0v) is 19.9. The molecule has 1 fully saturated rings. The van der Waals surface area contributed by atoms with Gasteiger partial charge in [0.15, 0.2) is 0 Å². The molecule has 4 rings (SSSR count). The van der Waals surface area contributed by atoms with Crippen LogP contribution in [0, 0.1) is 10.1 Å². The van der Waals surface area contributed by atoms with Crippen LogP contribution in [0.5, 0.6) is 11.5 Å². The Labute approximate surface area is 208 Å². The summed E-state index contributed by atoms with van der Waals surface area (Å²) in [6, 6.07) is 22.4. The molecule has 3 aromatic rings. The first-order valence-electron chi connectivity index (χ1n) is 11.6. The fourth-order valence-electron chi connectivity index (χ4n) is 4.45. The predicted molar refractivity (Wildman–Crippen MR) is 133 cm³/mol. The lowest BCUT2D eigenvalue weighted by Gasteiger charge is -2.42. The number of carbonyl (C=O) groups excluding carboxylic acids is 2. The highest BCUT2D eigenvalue weighted by Gasteiger charge is 2.38. The van der Waals surface area contributed by atoms with Crippen molar-refractivity contribution in [3.8, 4) is 11.5 Å². The van der Waals surface area contributed by atoms with Crippen molar-refractivity contribution >= 4 is 17.7 Å². The highest BCUT2D eigenvalue weighted by atomic mass is 16.6. The number of para-hydroxylation sites is 1. The number of hydrogen-bond donors (Lipinski definition) is 1. The molecule has 0 bridgehead atoms. The molecule has 0 atom stereocenters. The average Bonchev–Trinajstić information content (AvgIpc) is 2.92. The molecule has 0 radical (unpaired) electrons. The molecule has 1 aliphatic rings. The van der Waals surface area contributed by atoms with E-state index in [0.717, 1.165) is 5.56 Å². The number of nitrogens with zero attached hydrogens (tertiary/aromatic N) is 2. The molecule has 2 amide bonds. The number of hydrogen-bond acceptors (Lipinski definition) is 6. The van der Waals surface area contributed by atoms with E-state index in [2.05, 4.69) is 5.32 Å². The molecule has 1 aliphatic heterocycles. The number of non-ortho nitro benzene ring substituents is 1. The van der Waals surface area contributed by atoms with E-state index in [4.69, 9.17) is 9.47 Å². The number of rotatable bonds is 7. The van der Waals surface area contributed by atoms with Crippen LogP contribution >= 0.6 is 0 Å². The van der Waals surface area contributed by atoms with Gasteiger partial charge in [-0.15, -0.1) is 0 Å². The molecule has 186 valence electrons. The van der Waals surface area contributed by atoms with Crippen LogP contribution < -0.4 is 14.8 Å². The topological polar surface area (TPSA) is 111 Å². The van der Waals surface area contributed by atoms with Crippen molar-refractivity contribution in [3.63, 3.8) is 0 Å². The van der Waals surface area contributed by atoms with Crippen LogP contribution in [-0.2, 0) is 5.41 Å². The first-order chi connectivity index (χ1) is 17.4. The Hall–Kier alpha value is -4.40. The maximum absolute atomic E-state index is 13.0. The number of nitrogens with one attached hydrogen (secondary N) is 1. The normalized spacial score (nSPS) is 14.5. The van der Waals surface area contributed by atoms with E-state index in [-0.39, 0.29) is 22.8 Å². The number of nitro benzene ring substituents is 1. The van der Waals surface area contributed by atoms with Crippen molar-refractivity contribution in [2.24, 2.45) is 0 Å². The molecule has 0 aliphatic carbocycles. The smallest absolute Gasteiger partial charge is 0.415 e. The summed E-state index contributed by atoms with van der Waals surface area (Å²) in [6.45, 7) is 1.27. The molecule has 9 heteroatoms. The second kappa shape index (κ2) is 10.9. The second-order valence-corrected chi connectivity index (χ2v) is 8.64. The van der Waals surface area contributed by atoms with Crippen molar-refractivity contribution in [1.29, 1.82) is 0 Å². The summed E-state index contributed by atoms with van der Waals surface area (Å²) in [6.07, 6.45) is 0.737. The van der Waals surface area contributed by atoms with Gasteiger partial charge in [-0.05, 0) is 42.7 Å². The quantitative estimate of drug-likeness (QED) is 0.385. The lowest BCUT2D eigenvalue weighted by atomic mass is 9.72. The molecule has 1 saturated heterocycles. The summed E-state index contributed by atoms with van der Waals surface area (Å²) in [5.74, 6) is 0.532. The molecule has 0 aromatic heterocycles. The van der Waals surface area contributed by atoms with Gasteiger partial charge in [-0.25, -0.2) is 4.79 Å². The Kier molecular flexibility index (Phi) is 7.48. The minimum Gasteiger partial charge on any atom is -0.496 e. The maximum atomic E-state index is 13.0. The number of methoxy groups -OCH3 is 1. The first kappa shape index (κ1) is 24.7. The Bertz CT molecular complexity index is 1220. The summed E-state index contributed by atoms with van der Waals surface area (Å²) >= 11 is 0. The predicted octanol–water partition coefficient (Wildman–Crippen LogP) is 4.57. The van der Waals surface area contributed by atoms with Gasteiger partial charge in [-0.3, -0.25) is 14.9 Å². The number of nitro groups is 1. The van der Waals surface area contributed by atoms with Crippen LogP contribution in [0.1, 0.15) is 28.8 Å². The molecule has 1 heterocycles. The van der Waals surface area contributed by atoms with E-state index in [0.29, 0.717) is 43.8 Å². The van der Waals surface area contributed by atoms with Gasteiger partial charge in [0.05, 0.1) is 17.6 Å². The molecule has 0 unspecified atom stereocenters. The molecular formula is C27H27N3O6. The molecule has 3 aromatic carbocycles. The fraction of sp³-hybridized carbons (Fsp3) is 0.259. The van der Waals surface area contributed by atoms with Crippen LogP contribution in [0.3, 0.4) is 0 Å². The minimum absolute atomic E-state index is 0.0735. The van der Waals surface area contributed by atoms with Crippen molar-refractivity contribution in [2.45, 2.75) is 18.3 Å². The van der Waals surface area contributed by atoms with Crippen molar-refractivity contribution in [3.05, 3.63) is 100 Å². The van der Waals surface area contributed by atoms with Crippen molar-refractivity contribution in [1.82, 2.24) is 10.2 Å². The molecule has 0 spiro atoms. The minimum atomic E-state index is -0.511. The Morgan fingerprint density at radius 2 is 1.61 bits per heavy atom. The standard InChI is InChI=1S/C27H27N3O6/c1-35-24-10-6-5-9-23(24)25(31)28-19-27(20-7-3-2-4-8-20)15-17-29(18-16-27)26(32)36-22-13-11-21(12-14-22)30(33)34/h2-14H,15-19H2,1H3,(H,28,31). The number of piperidine rings is 1. The number of benzene rings is 3. The lowest BCUT2D eigenvalue weighted by molar-refractivity contribution is -0.384. The van der Waals surface area contributed by atoms with Gasteiger partial charge >= 0.3 is 6.09 Å². The monoisotopic (exact) mass is 489 g/mol. The lowest BCUT2D eigenvalue weighted by Crippen LogP contribution is -2.51. The summed E-state index contributed by atoms with van der Waals surface area (Å²) < 4.78 is 10.7. The molecule has 1 N–H and O–H groups in total. The molecule has 36 heavy (non-hydrogen) atoms. The van der Waals surface area contributed by atoms with Crippen LogP contribution in [0.25, 0.3) is 0 Å². The molecule has 9 nitrogen and oxygen atoms in total. The summed E-state index contributed by atoms with van der Waals surface area (Å²) in [5, 5.41) is 13.9. The Morgan fingerprint density at radius 1 is 0.972 bits per heavy atom. The second-order valence-electron chi connectivity index (χ2n) is 8.64. The van der Waals surface area contributed by atoms with E-state index in [1.165, 1.54) is 31.4 Å². The summed E-state index contributed by atoms with van der Waals surface area (Å²) in [5.41, 5.74) is 1.12. The van der Waals surface area contributed by atoms with Gasteiger partial charge < -0.3 is 19.7 Å². The van der Waals surface area contributed by atoms with E-state index >= 15 is 0 Å². The van der Waals surface area contributed by atoms with Gasteiger partial charge in [0.2, 0.25) is 0 Å². The van der Waals surface area contributed by atoms with Gasteiger partial charge in [0.1, 0.15) is 11.5 Å². The molecule has 0 saturated carbocycles. The number of amides is 2. The van der Waals surface area contributed by atoms with Crippen LogP contribution in [0.2, 0.25) is 0 Å². The van der Waals surface area contributed by atoms with Crippen LogP contribution in [0.15, 0.2) is 78.9 Å². The molecular weight excluding hydrogens is 462 g/mol. The van der Waals surface area contributed by atoms with Gasteiger partial charge in [-0.2, -0.15) is 0 Å². The third-order valence-corrected chi connectivity index (χ3v) is 6.56. The zero-order valence-electron chi connectivity index (χ0n) is 19.9. The summed E-state index contributed by atoms with van der Waals surface area (Å²) in [4.78, 5) is 37.6. The van der Waals surface area contributed by atoms with Gasteiger partial charge in [0.25, 0.3) is 11.6 Å². The van der Waals surface area contributed by atoms with E-state index in [9.17, 15) is 19.7 Å². The van der Waals surface area contributed by atoms with Crippen molar-refractivity contribution < 1.29 is 24.0 Å². The van der Waals surface area contributed by atoms with Gasteiger partial charge in [-0.1, -0.05) is 42.5 Å². The fourth-order valence-corrected chi connectivity index (χ4v) is 4.45. The third kappa shape index (κ3) is 5.46. The zero-order chi connectivity index (χ0) is 25.5. The first-order valence-corrected chi connectivity index (χ1v) is 11.6. The van der Waals surface area contributed by atoms with Crippen LogP contribution in [-0.4, -0.2) is 48.6 Å². The highest BCUT2D eigenvalue weighted by Crippen LogP contribution is 2.35. The number of likely N-dealkylation sites (tertiary alicyclic amines) is 1. The Balaban J connectivity index is 1.44. The highest BCUT2D eigenvalue weighted by molar-refractivity contribution is 5.97. The number of ether oxygens (including phenoxy) is 2. The largest absolute Gasteiger partial charge is 0.496 e. The van der Waals surface area contributed by atoms with Crippen molar-refractivity contribution in [2.75, 3.05) is 26.7 Å². The number of carbonyl (C=O) groups is 2. The average molecular weight is 490 g/mol. The summed E-state index contributed by atoms with van der Waals surface area (Å²) in [7, 11) is 1.53. The van der Waals surface area contributed by atoms with E-state index < -0.39 is 11.0 Å². The van der Waals surface area contributed by atoms with E-state index in [1.54, 1.807) is 23.1 Å². The Morgan fingerprint density at radius 3 is 2.25 bits per heavy atom. The van der Waals surface area contributed by atoms with E-state index in [1.807, 2.05) is 36.4 Å². The maximum Gasteiger partial charge on any atom is 0.415 e. The van der Waals surface area contributed by atoms with Gasteiger partial charge in [0, 0.05) is 37.2 Å².